The second-order valence-electron chi connectivity index (χ2n) is 7.76. The second-order valence-corrected chi connectivity index (χ2v) is 9.09. The molecule has 4 aromatic rings. The fourth-order valence-corrected chi connectivity index (χ4v) is 4.00. The molecule has 0 aliphatic carbocycles. The van der Waals surface area contributed by atoms with Crippen LogP contribution in [0.25, 0.3) is 11.0 Å². The first-order chi connectivity index (χ1) is 15.8. The Morgan fingerprint density at radius 2 is 1.82 bits per heavy atom. The maximum Gasteiger partial charge on any atom is 0.255 e. The standard InChI is InChI=1S/C25H22BrClN4O2/c1-15(32)28-14-16-3-9-21(27)18(11-16)13-24-30-22-12-17(4-10-23(22)31(24)2)25(33)29-20-7-5-19(26)6-8-20/h3-12H,13-14H2,1-2H3,(H,28,32)(H,29,33). The Labute approximate surface area is 205 Å². The summed E-state index contributed by atoms with van der Waals surface area (Å²) in [7, 11) is 1.95. The van der Waals surface area contributed by atoms with Crippen molar-refractivity contribution in [1.29, 1.82) is 0 Å². The van der Waals surface area contributed by atoms with Crippen molar-refractivity contribution in [2.45, 2.75) is 19.9 Å². The van der Waals surface area contributed by atoms with E-state index in [1.54, 1.807) is 12.1 Å². The third kappa shape index (κ3) is 5.43. The predicted molar refractivity (Wildman–Crippen MR) is 135 cm³/mol. The molecule has 33 heavy (non-hydrogen) atoms. The van der Waals surface area contributed by atoms with Crippen molar-refractivity contribution in [3.05, 3.63) is 92.7 Å². The van der Waals surface area contributed by atoms with E-state index in [1.165, 1.54) is 6.92 Å². The highest BCUT2D eigenvalue weighted by molar-refractivity contribution is 9.10. The average Bonchev–Trinajstić information content (AvgIpc) is 3.10. The number of aromatic nitrogens is 2. The number of carbonyl (C=O) groups is 2. The molecule has 0 aliphatic heterocycles. The average molecular weight is 526 g/mol. The Balaban J connectivity index is 1.57. The minimum atomic E-state index is -0.194. The molecule has 1 aromatic heterocycles. The van der Waals surface area contributed by atoms with Crippen LogP contribution in [-0.2, 0) is 24.8 Å². The first-order valence-electron chi connectivity index (χ1n) is 10.3. The van der Waals surface area contributed by atoms with Gasteiger partial charge in [-0.3, -0.25) is 9.59 Å². The lowest BCUT2D eigenvalue weighted by Gasteiger charge is -2.09. The number of imidazole rings is 1. The molecule has 4 rings (SSSR count). The Hall–Kier alpha value is -3.16. The maximum absolute atomic E-state index is 12.7. The van der Waals surface area contributed by atoms with Crippen LogP contribution >= 0.6 is 27.5 Å². The van der Waals surface area contributed by atoms with E-state index in [-0.39, 0.29) is 11.8 Å². The lowest BCUT2D eigenvalue weighted by molar-refractivity contribution is -0.119. The van der Waals surface area contributed by atoms with Crippen molar-refractivity contribution in [1.82, 2.24) is 14.9 Å². The fraction of sp³-hybridized carbons (Fsp3) is 0.160. The van der Waals surface area contributed by atoms with Gasteiger partial charge < -0.3 is 15.2 Å². The minimum absolute atomic E-state index is 0.0816. The van der Waals surface area contributed by atoms with Crippen LogP contribution in [0.3, 0.4) is 0 Å². The van der Waals surface area contributed by atoms with E-state index < -0.39 is 0 Å². The Kier molecular flexibility index (Phi) is 6.81. The first kappa shape index (κ1) is 23.0. The SMILES string of the molecule is CC(=O)NCc1ccc(Cl)c(Cc2nc3cc(C(=O)Nc4ccc(Br)cc4)ccc3n2C)c1. The van der Waals surface area contributed by atoms with Crippen LogP contribution in [0.2, 0.25) is 5.02 Å². The van der Waals surface area contributed by atoms with Gasteiger partial charge in [0, 0.05) is 47.7 Å². The summed E-state index contributed by atoms with van der Waals surface area (Å²) in [4.78, 5) is 28.7. The van der Waals surface area contributed by atoms with Crippen LogP contribution in [0, 0.1) is 0 Å². The van der Waals surface area contributed by atoms with Gasteiger partial charge in [-0.1, -0.05) is 39.7 Å². The highest BCUT2D eigenvalue weighted by atomic mass is 79.9. The normalized spacial score (nSPS) is 10.9. The summed E-state index contributed by atoms with van der Waals surface area (Å²) in [5.41, 5.74) is 4.81. The van der Waals surface area contributed by atoms with E-state index in [0.717, 1.165) is 38.1 Å². The fourth-order valence-electron chi connectivity index (χ4n) is 3.56. The minimum Gasteiger partial charge on any atom is -0.352 e. The lowest BCUT2D eigenvalue weighted by atomic mass is 10.1. The van der Waals surface area contributed by atoms with E-state index >= 15 is 0 Å². The summed E-state index contributed by atoms with van der Waals surface area (Å²) in [6.07, 6.45) is 0.526. The zero-order chi connectivity index (χ0) is 23.5. The van der Waals surface area contributed by atoms with Gasteiger partial charge in [-0.2, -0.15) is 0 Å². The molecule has 1 heterocycles. The molecular weight excluding hydrogens is 504 g/mol. The number of carbonyl (C=O) groups excluding carboxylic acids is 2. The molecule has 0 saturated carbocycles. The summed E-state index contributed by atoms with van der Waals surface area (Å²) in [6, 6.07) is 18.6. The number of aryl methyl sites for hydroxylation is 1. The molecule has 0 spiro atoms. The molecule has 0 saturated heterocycles. The zero-order valence-electron chi connectivity index (χ0n) is 18.2. The number of hydrogen-bond donors (Lipinski definition) is 2. The number of benzene rings is 3. The van der Waals surface area contributed by atoms with Crippen molar-refractivity contribution in [3.63, 3.8) is 0 Å². The van der Waals surface area contributed by atoms with Crippen LogP contribution in [-0.4, -0.2) is 21.4 Å². The number of halogens is 2. The molecular formula is C25H22BrClN4O2. The van der Waals surface area contributed by atoms with Gasteiger partial charge in [-0.05, 0) is 59.7 Å². The second kappa shape index (κ2) is 9.77. The van der Waals surface area contributed by atoms with E-state index in [0.29, 0.717) is 23.6 Å². The van der Waals surface area contributed by atoms with Gasteiger partial charge in [0.25, 0.3) is 5.91 Å². The molecule has 168 valence electrons. The molecule has 0 bridgehead atoms. The quantitative estimate of drug-likeness (QED) is 0.351. The number of nitrogens with zero attached hydrogens (tertiary/aromatic N) is 2. The Bertz CT molecular complexity index is 1350. The summed E-state index contributed by atoms with van der Waals surface area (Å²) in [6.45, 7) is 1.93. The number of hydrogen-bond acceptors (Lipinski definition) is 3. The summed E-state index contributed by atoms with van der Waals surface area (Å²) in [5, 5.41) is 6.34. The highest BCUT2D eigenvalue weighted by Crippen LogP contribution is 2.24. The highest BCUT2D eigenvalue weighted by Gasteiger charge is 2.14. The molecule has 2 N–H and O–H groups in total. The van der Waals surface area contributed by atoms with E-state index in [4.69, 9.17) is 16.6 Å². The van der Waals surface area contributed by atoms with Crippen molar-refractivity contribution in [2.24, 2.45) is 7.05 Å². The summed E-state index contributed by atoms with van der Waals surface area (Å²) < 4.78 is 2.95. The summed E-state index contributed by atoms with van der Waals surface area (Å²) in [5.74, 6) is 0.552. The van der Waals surface area contributed by atoms with Crippen LogP contribution < -0.4 is 10.6 Å². The maximum atomic E-state index is 12.7. The number of fused-ring (bicyclic) bond motifs is 1. The molecule has 0 fully saturated rings. The number of amides is 2. The topological polar surface area (TPSA) is 76.0 Å². The van der Waals surface area contributed by atoms with Crippen molar-refractivity contribution in [3.8, 4) is 0 Å². The van der Waals surface area contributed by atoms with Gasteiger partial charge in [-0.15, -0.1) is 0 Å². The van der Waals surface area contributed by atoms with Gasteiger partial charge in [-0.25, -0.2) is 4.98 Å². The molecule has 3 aromatic carbocycles. The van der Waals surface area contributed by atoms with Gasteiger partial charge in [0.05, 0.1) is 11.0 Å². The molecule has 0 radical (unpaired) electrons. The molecule has 0 unspecified atom stereocenters. The van der Waals surface area contributed by atoms with Crippen LogP contribution in [0.1, 0.15) is 34.2 Å². The van der Waals surface area contributed by atoms with Crippen molar-refractivity contribution < 1.29 is 9.59 Å². The largest absolute Gasteiger partial charge is 0.352 e. The summed E-state index contributed by atoms with van der Waals surface area (Å²) >= 11 is 9.82. The zero-order valence-corrected chi connectivity index (χ0v) is 20.5. The number of nitrogens with one attached hydrogen (secondary N) is 2. The third-order valence-electron chi connectivity index (χ3n) is 5.34. The van der Waals surface area contributed by atoms with Crippen molar-refractivity contribution >= 4 is 56.1 Å². The lowest BCUT2D eigenvalue weighted by Crippen LogP contribution is -2.18. The molecule has 8 heteroatoms. The van der Waals surface area contributed by atoms with E-state index in [2.05, 4.69) is 26.6 Å². The number of rotatable bonds is 6. The smallest absolute Gasteiger partial charge is 0.255 e. The van der Waals surface area contributed by atoms with Gasteiger partial charge in [0.15, 0.2) is 0 Å². The number of anilines is 1. The Morgan fingerprint density at radius 1 is 1.06 bits per heavy atom. The van der Waals surface area contributed by atoms with E-state index in [1.807, 2.05) is 60.1 Å². The Morgan fingerprint density at radius 3 is 2.55 bits per heavy atom. The van der Waals surface area contributed by atoms with Crippen LogP contribution in [0.15, 0.2) is 65.1 Å². The predicted octanol–water partition coefficient (Wildman–Crippen LogP) is 5.47. The van der Waals surface area contributed by atoms with Crippen LogP contribution in [0.5, 0.6) is 0 Å². The van der Waals surface area contributed by atoms with Crippen molar-refractivity contribution in [2.75, 3.05) is 5.32 Å². The monoisotopic (exact) mass is 524 g/mol. The van der Waals surface area contributed by atoms with Crippen LogP contribution in [0.4, 0.5) is 5.69 Å². The molecule has 0 atom stereocenters. The first-order valence-corrected chi connectivity index (χ1v) is 11.5. The molecule has 6 nitrogen and oxygen atoms in total. The molecule has 2 amide bonds. The van der Waals surface area contributed by atoms with Gasteiger partial charge in [0.2, 0.25) is 5.91 Å². The third-order valence-corrected chi connectivity index (χ3v) is 6.24. The van der Waals surface area contributed by atoms with Gasteiger partial charge >= 0.3 is 0 Å². The molecule has 0 aliphatic rings. The van der Waals surface area contributed by atoms with E-state index in [9.17, 15) is 9.59 Å². The van der Waals surface area contributed by atoms with Gasteiger partial charge in [0.1, 0.15) is 5.82 Å².